The predicted octanol–water partition coefficient (Wildman–Crippen LogP) is 2.57. The zero-order valence-corrected chi connectivity index (χ0v) is 10.1. The fourth-order valence-electron chi connectivity index (χ4n) is 1.12. The standard InChI is InChI=1S/C10H9ClN4S/c1-6-5-14-10(9(12)15-6)16-7-3-2-4-13-8(7)11/h2-5H,1H3,(H2,12,15). The van der Waals surface area contributed by atoms with Crippen LogP contribution in [0, 0.1) is 6.92 Å². The van der Waals surface area contributed by atoms with Crippen LogP contribution in [0.5, 0.6) is 0 Å². The summed E-state index contributed by atoms with van der Waals surface area (Å²) >= 11 is 7.29. The van der Waals surface area contributed by atoms with Gasteiger partial charge in [0.05, 0.1) is 10.6 Å². The van der Waals surface area contributed by atoms with Crippen LogP contribution in [0.2, 0.25) is 5.15 Å². The topological polar surface area (TPSA) is 64.7 Å². The highest BCUT2D eigenvalue weighted by atomic mass is 35.5. The highest BCUT2D eigenvalue weighted by Crippen LogP contribution is 2.32. The Bertz CT molecular complexity index is 518. The van der Waals surface area contributed by atoms with Crippen molar-refractivity contribution in [3.8, 4) is 0 Å². The second-order valence-corrected chi connectivity index (χ2v) is 4.48. The fraction of sp³-hybridized carbons (Fsp3) is 0.100. The zero-order valence-electron chi connectivity index (χ0n) is 8.51. The Morgan fingerprint density at radius 2 is 2.19 bits per heavy atom. The summed E-state index contributed by atoms with van der Waals surface area (Å²) in [6, 6.07) is 3.67. The third kappa shape index (κ3) is 2.43. The molecule has 0 aromatic carbocycles. The average Bonchev–Trinajstić information content (AvgIpc) is 2.25. The lowest BCUT2D eigenvalue weighted by Crippen LogP contribution is -1.97. The van der Waals surface area contributed by atoms with Crippen molar-refractivity contribution < 1.29 is 0 Å². The first kappa shape index (κ1) is 11.2. The summed E-state index contributed by atoms with van der Waals surface area (Å²) in [5, 5.41) is 1.08. The monoisotopic (exact) mass is 252 g/mol. The molecule has 0 aliphatic rings. The van der Waals surface area contributed by atoms with E-state index in [0.29, 0.717) is 16.0 Å². The van der Waals surface area contributed by atoms with Gasteiger partial charge >= 0.3 is 0 Å². The van der Waals surface area contributed by atoms with E-state index >= 15 is 0 Å². The molecule has 0 atom stereocenters. The normalized spacial score (nSPS) is 10.4. The third-order valence-corrected chi connectivity index (χ3v) is 3.29. The van der Waals surface area contributed by atoms with Crippen molar-refractivity contribution in [3.05, 3.63) is 35.4 Å². The number of rotatable bonds is 2. The largest absolute Gasteiger partial charge is 0.381 e. The first-order valence-corrected chi connectivity index (χ1v) is 5.74. The van der Waals surface area contributed by atoms with E-state index in [1.54, 1.807) is 12.4 Å². The first-order chi connectivity index (χ1) is 7.66. The van der Waals surface area contributed by atoms with Gasteiger partial charge < -0.3 is 5.73 Å². The van der Waals surface area contributed by atoms with E-state index < -0.39 is 0 Å². The highest BCUT2D eigenvalue weighted by Gasteiger charge is 2.08. The van der Waals surface area contributed by atoms with Gasteiger partial charge in [-0.1, -0.05) is 23.4 Å². The van der Waals surface area contributed by atoms with Crippen LogP contribution in [0.3, 0.4) is 0 Å². The SMILES string of the molecule is Cc1cnc(Sc2cccnc2Cl)c(N)n1. The van der Waals surface area contributed by atoms with Crippen LogP contribution in [0.1, 0.15) is 5.69 Å². The molecule has 2 aromatic rings. The molecule has 0 fully saturated rings. The molecule has 2 aromatic heterocycles. The van der Waals surface area contributed by atoms with Crippen LogP contribution >= 0.6 is 23.4 Å². The summed E-state index contributed by atoms with van der Waals surface area (Å²) in [5.74, 6) is 0.407. The van der Waals surface area contributed by atoms with E-state index in [1.807, 2.05) is 19.1 Å². The van der Waals surface area contributed by atoms with Gasteiger partial charge in [-0.25, -0.2) is 15.0 Å². The third-order valence-electron chi connectivity index (χ3n) is 1.82. The number of nitrogens with zero attached hydrogens (tertiary/aromatic N) is 3. The Morgan fingerprint density at radius 1 is 1.38 bits per heavy atom. The Labute approximate surface area is 102 Å². The Kier molecular flexibility index (Phi) is 3.26. The van der Waals surface area contributed by atoms with E-state index in [0.717, 1.165) is 10.6 Å². The number of aromatic nitrogens is 3. The maximum Gasteiger partial charge on any atom is 0.156 e. The molecule has 0 saturated carbocycles. The van der Waals surface area contributed by atoms with Gasteiger partial charge in [0.2, 0.25) is 0 Å². The van der Waals surface area contributed by atoms with Crippen LogP contribution in [-0.4, -0.2) is 15.0 Å². The Balaban J connectivity index is 2.31. The van der Waals surface area contributed by atoms with Crippen molar-refractivity contribution >= 4 is 29.2 Å². The fourth-order valence-corrected chi connectivity index (χ4v) is 2.10. The minimum atomic E-state index is 0.407. The zero-order chi connectivity index (χ0) is 11.5. The number of pyridine rings is 1. The molecule has 0 saturated heterocycles. The lowest BCUT2D eigenvalue weighted by Gasteiger charge is -2.04. The van der Waals surface area contributed by atoms with Crippen LogP contribution in [0.15, 0.2) is 34.4 Å². The van der Waals surface area contributed by atoms with E-state index in [-0.39, 0.29) is 0 Å². The van der Waals surface area contributed by atoms with E-state index in [4.69, 9.17) is 17.3 Å². The quantitative estimate of drug-likeness (QED) is 0.833. The van der Waals surface area contributed by atoms with Crippen molar-refractivity contribution in [1.29, 1.82) is 0 Å². The summed E-state index contributed by atoms with van der Waals surface area (Å²) in [6.45, 7) is 1.84. The highest BCUT2D eigenvalue weighted by molar-refractivity contribution is 7.99. The van der Waals surface area contributed by atoms with Crippen LogP contribution in [0.4, 0.5) is 5.82 Å². The minimum absolute atomic E-state index is 0.407. The maximum atomic E-state index is 5.94. The number of hydrogen-bond donors (Lipinski definition) is 1. The summed E-state index contributed by atoms with van der Waals surface area (Å²) in [5.41, 5.74) is 6.55. The van der Waals surface area contributed by atoms with E-state index in [9.17, 15) is 0 Å². The first-order valence-electron chi connectivity index (χ1n) is 4.54. The van der Waals surface area contributed by atoms with Crippen molar-refractivity contribution in [3.63, 3.8) is 0 Å². The number of halogens is 1. The van der Waals surface area contributed by atoms with E-state index in [2.05, 4.69) is 15.0 Å². The van der Waals surface area contributed by atoms with Crippen molar-refractivity contribution in [1.82, 2.24) is 15.0 Å². The molecule has 0 aliphatic carbocycles. The van der Waals surface area contributed by atoms with Crippen LogP contribution in [-0.2, 0) is 0 Å². The number of nitrogens with two attached hydrogens (primary N) is 1. The molecule has 4 nitrogen and oxygen atoms in total. The van der Waals surface area contributed by atoms with Crippen LogP contribution < -0.4 is 5.73 Å². The van der Waals surface area contributed by atoms with Gasteiger partial charge in [0.1, 0.15) is 10.2 Å². The van der Waals surface area contributed by atoms with Crippen molar-refractivity contribution in [2.24, 2.45) is 0 Å². The second kappa shape index (κ2) is 4.67. The smallest absolute Gasteiger partial charge is 0.156 e. The van der Waals surface area contributed by atoms with Gasteiger partial charge in [-0.15, -0.1) is 0 Å². The van der Waals surface area contributed by atoms with Gasteiger partial charge in [-0.2, -0.15) is 0 Å². The Morgan fingerprint density at radius 3 is 2.88 bits per heavy atom. The molecule has 0 amide bonds. The molecule has 2 N–H and O–H groups in total. The van der Waals surface area contributed by atoms with Gasteiger partial charge in [-0.3, -0.25) is 0 Å². The molecule has 0 radical (unpaired) electrons. The van der Waals surface area contributed by atoms with Gasteiger partial charge in [0, 0.05) is 12.4 Å². The minimum Gasteiger partial charge on any atom is -0.381 e. The molecule has 16 heavy (non-hydrogen) atoms. The molecular formula is C10H9ClN4S. The van der Waals surface area contributed by atoms with Crippen molar-refractivity contribution in [2.45, 2.75) is 16.8 Å². The summed E-state index contributed by atoms with van der Waals surface area (Å²) < 4.78 is 0. The lowest BCUT2D eigenvalue weighted by atomic mass is 10.5. The summed E-state index contributed by atoms with van der Waals surface area (Å²) in [4.78, 5) is 13.1. The number of nitrogen functional groups attached to an aromatic ring is 1. The van der Waals surface area contributed by atoms with E-state index in [1.165, 1.54) is 11.8 Å². The van der Waals surface area contributed by atoms with Gasteiger partial charge in [0.15, 0.2) is 5.82 Å². The number of aryl methyl sites for hydroxylation is 1. The lowest BCUT2D eigenvalue weighted by molar-refractivity contribution is 1.02. The molecule has 6 heteroatoms. The Hall–Kier alpha value is -1.33. The average molecular weight is 253 g/mol. The number of anilines is 1. The van der Waals surface area contributed by atoms with Crippen molar-refractivity contribution in [2.75, 3.05) is 5.73 Å². The summed E-state index contributed by atoms with van der Waals surface area (Å²) in [6.07, 6.45) is 3.31. The molecule has 0 unspecified atom stereocenters. The molecule has 82 valence electrons. The number of hydrogen-bond acceptors (Lipinski definition) is 5. The summed E-state index contributed by atoms with van der Waals surface area (Å²) in [7, 11) is 0. The van der Waals surface area contributed by atoms with Crippen LogP contribution in [0.25, 0.3) is 0 Å². The maximum absolute atomic E-state index is 5.94. The molecule has 0 spiro atoms. The molecule has 2 heterocycles. The molecule has 0 bridgehead atoms. The van der Waals surface area contributed by atoms with Gasteiger partial charge in [-0.05, 0) is 19.1 Å². The molecule has 0 aliphatic heterocycles. The predicted molar refractivity (Wildman–Crippen MR) is 64.6 cm³/mol. The van der Waals surface area contributed by atoms with Gasteiger partial charge in [0.25, 0.3) is 0 Å². The molecular weight excluding hydrogens is 244 g/mol. The molecule has 2 rings (SSSR count). The second-order valence-electron chi connectivity index (χ2n) is 3.10.